The highest BCUT2D eigenvalue weighted by Gasteiger charge is 2.74. The zero-order valence-electron chi connectivity index (χ0n) is 14.5. The molecule has 0 spiro atoms. The lowest BCUT2D eigenvalue weighted by atomic mass is 9.63. The first kappa shape index (κ1) is 18.7. The van der Waals surface area contributed by atoms with Gasteiger partial charge in [-0.1, -0.05) is 6.92 Å². The largest absolute Gasteiger partial charge is 0.481 e. The second kappa shape index (κ2) is 6.33. The minimum Gasteiger partial charge on any atom is -0.481 e. The van der Waals surface area contributed by atoms with Gasteiger partial charge in [-0.15, -0.1) is 0 Å². The van der Waals surface area contributed by atoms with Crippen molar-refractivity contribution in [2.24, 2.45) is 28.6 Å². The summed E-state index contributed by atoms with van der Waals surface area (Å²) in [5, 5.41) is 9.84. The maximum Gasteiger partial charge on any atom is 0.313 e. The third-order valence-electron chi connectivity index (χ3n) is 6.01. The fourth-order valence-electron chi connectivity index (χ4n) is 4.65. The number of aliphatic carboxylic acids is 1. The molecule has 1 N–H and O–H groups in total. The van der Waals surface area contributed by atoms with Crippen LogP contribution in [0.4, 0.5) is 0 Å². The van der Waals surface area contributed by atoms with Gasteiger partial charge in [-0.25, -0.2) is 0 Å². The summed E-state index contributed by atoms with van der Waals surface area (Å²) in [5.74, 6) is -4.55. The van der Waals surface area contributed by atoms with Gasteiger partial charge in [0.15, 0.2) is 6.29 Å². The number of carbonyl (C=O) groups is 3. The molecule has 8 heteroatoms. The first-order valence-electron chi connectivity index (χ1n) is 7.71. The molecule has 0 aromatic carbocycles. The topological polar surface area (TPSA) is 108 Å². The summed E-state index contributed by atoms with van der Waals surface area (Å²) < 4.78 is 20.7. The van der Waals surface area contributed by atoms with E-state index in [1.807, 2.05) is 0 Å². The summed E-state index contributed by atoms with van der Waals surface area (Å²) in [7, 11) is 3.92. The van der Waals surface area contributed by atoms with Crippen LogP contribution in [0.3, 0.4) is 0 Å². The second-order valence-electron chi connectivity index (χ2n) is 6.81. The van der Waals surface area contributed by atoms with E-state index in [2.05, 4.69) is 0 Å². The van der Waals surface area contributed by atoms with Gasteiger partial charge in [0.2, 0.25) is 0 Å². The van der Waals surface area contributed by atoms with Gasteiger partial charge in [0.25, 0.3) is 0 Å². The molecule has 1 heterocycles. The fourth-order valence-corrected chi connectivity index (χ4v) is 4.65. The normalized spacial score (nSPS) is 40.9. The summed E-state index contributed by atoms with van der Waals surface area (Å²) in [6, 6.07) is 0. The van der Waals surface area contributed by atoms with Crippen molar-refractivity contribution in [1.29, 1.82) is 0 Å². The molecule has 6 atom stereocenters. The highest BCUT2D eigenvalue weighted by atomic mass is 16.7. The van der Waals surface area contributed by atoms with Gasteiger partial charge in [0.05, 0.1) is 32.2 Å². The van der Waals surface area contributed by atoms with Gasteiger partial charge in [0.1, 0.15) is 0 Å². The summed E-state index contributed by atoms with van der Waals surface area (Å²) in [4.78, 5) is 36.5. The molecule has 1 aliphatic heterocycles. The quantitative estimate of drug-likeness (QED) is 0.726. The summed E-state index contributed by atoms with van der Waals surface area (Å²) in [5.41, 5.74) is -2.20. The third kappa shape index (κ3) is 2.31. The molecule has 24 heavy (non-hydrogen) atoms. The molecule has 5 unspecified atom stereocenters. The van der Waals surface area contributed by atoms with Gasteiger partial charge in [-0.3, -0.25) is 14.4 Å². The Balaban J connectivity index is 2.61. The van der Waals surface area contributed by atoms with Crippen LogP contribution in [0.15, 0.2) is 0 Å². The molecule has 0 radical (unpaired) electrons. The maximum absolute atomic E-state index is 12.6. The van der Waals surface area contributed by atoms with E-state index in [0.29, 0.717) is 0 Å². The highest BCUT2D eigenvalue weighted by Crippen LogP contribution is 2.67. The number of rotatable bonds is 5. The van der Waals surface area contributed by atoms with Gasteiger partial charge in [0, 0.05) is 24.9 Å². The Hall–Kier alpha value is -1.67. The number of esters is 2. The van der Waals surface area contributed by atoms with E-state index >= 15 is 0 Å². The predicted molar refractivity (Wildman–Crippen MR) is 79.7 cm³/mol. The SMILES string of the molecule is COC(=O)CC1C(C(=O)O)C(C)(C(=O)OC)[C@]2(C)COC(OC)C12. The first-order valence-corrected chi connectivity index (χ1v) is 7.71. The van der Waals surface area contributed by atoms with Crippen LogP contribution in [0.2, 0.25) is 0 Å². The number of carboxylic acids is 1. The van der Waals surface area contributed by atoms with Gasteiger partial charge >= 0.3 is 17.9 Å². The van der Waals surface area contributed by atoms with E-state index in [1.54, 1.807) is 13.8 Å². The Bertz CT molecular complexity index is 546. The van der Waals surface area contributed by atoms with Crippen LogP contribution < -0.4 is 0 Å². The molecule has 0 bridgehead atoms. The van der Waals surface area contributed by atoms with Crippen LogP contribution in [-0.2, 0) is 33.3 Å². The van der Waals surface area contributed by atoms with Crippen molar-refractivity contribution < 1.29 is 38.4 Å². The summed E-state index contributed by atoms with van der Waals surface area (Å²) in [6.45, 7) is 3.51. The average molecular weight is 344 g/mol. The molecule has 1 saturated heterocycles. The van der Waals surface area contributed by atoms with Crippen LogP contribution in [-0.4, -0.2) is 57.2 Å². The number of methoxy groups -OCH3 is 3. The molecular formula is C16H24O8. The Labute approximate surface area is 140 Å². The molecule has 0 amide bonds. The number of carboxylic acid groups (broad SMARTS) is 1. The van der Waals surface area contributed by atoms with Crippen molar-refractivity contribution >= 4 is 17.9 Å². The van der Waals surface area contributed by atoms with Crippen molar-refractivity contribution in [2.75, 3.05) is 27.9 Å². The van der Waals surface area contributed by atoms with Crippen molar-refractivity contribution in [3.05, 3.63) is 0 Å². The average Bonchev–Trinajstić information content (AvgIpc) is 2.98. The van der Waals surface area contributed by atoms with Crippen molar-refractivity contribution in [3.8, 4) is 0 Å². The molecule has 2 fully saturated rings. The Morgan fingerprint density at radius 3 is 2.25 bits per heavy atom. The molecule has 1 aliphatic carbocycles. The van der Waals surface area contributed by atoms with Gasteiger partial charge < -0.3 is 24.1 Å². The fraction of sp³-hybridized carbons (Fsp3) is 0.812. The van der Waals surface area contributed by atoms with Crippen molar-refractivity contribution in [1.82, 2.24) is 0 Å². The molecule has 136 valence electrons. The first-order chi connectivity index (χ1) is 11.2. The van der Waals surface area contributed by atoms with Gasteiger partial charge in [-0.05, 0) is 12.8 Å². The third-order valence-corrected chi connectivity index (χ3v) is 6.01. The van der Waals surface area contributed by atoms with Crippen molar-refractivity contribution in [2.45, 2.75) is 26.6 Å². The van der Waals surface area contributed by atoms with E-state index in [1.165, 1.54) is 21.3 Å². The van der Waals surface area contributed by atoms with Crippen molar-refractivity contribution in [3.63, 3.8) is 0 Å². The van der Waals surface area contributed by atoms with Crippen LogP contribution in [0.25, 0.3) is 0 Å². The number of carbonyl (C=O) groups excluding carboxylic acids is 2. The van der Waals surface area contributed by atoms with Gasteiger partial charge in [-0.2, -0.15) is 0 Å². The standard InChI is InChI=1S/C16H24O8/c1-15-7-24-13(22-4)11(15)8(6-9(17)21-3)10(12(18)19)16(15,2)14(20)23-5/h8,10-11,13H,6-7H2,1-5H3,(H,18,19)/t8?,10?,11?,13?,15-,16?/m1/s1. The summed E-state index contributed by atoms with van der Waals surface area (Å²) in [6.07, 6.45) is -0.832. The lowest BCUT2D eigenvalue weighted by Gasteiger charge is -2.39. The van der Waals surface area contributed by atoms with Crippen LogP contribution in [0, 0.1) is 28.6 Å². The lowest BCUT2D eigenvalue weighted by Crippen LogP contribution is -2.49. The highest BCUT2D eigenvalue weighted by molar-refractivity contribution is 5.87. The minimum atomic E-state index is -1.36. The van der Waals surface area contributed by atoms with Crippen LogP contribution in [0.1, 0.15) is 20.3 Å². The van der Waals surface area contributed by atoms with Crippen LogP contribution in [0.5, 0.6) is 0 Å². The van der Waals surface area contributed by atoms with E-state index in [0.717, 1.165) is 0 Å². The number of hydrogen-bond acceptors (Lipinski definition) is 7. The maximum atomic E-state index is 12.6. The number of ether oxygens (including phenoxy) is 4. The minimum absolute atomic E-state index is 0.135. The smallest absolute Gasteiger partial charge is 0.313 e. The number of fused-ring (bicyclic) bond motifs is 1. The second-order valence-corrected chi connectivity index (χ2v) is 6.81. The van der Waals surface area contributed by atoms with E-state index in [9.17, 15) is 19.5 Å². The Morgan fingerprint density at radius 2 is 1.79 bits per heavy atom. The molecular weight excluding hydrogens is 320 g/mol. The molecule has 1 saturated carbocycles. The Kier molecular flexibility index (Phi) is 4.92. The molecule has 2 aliphatic rings. The van der Waals surface area contributed by atoms with Crippen LogP contribution >= 0.6 is 0 Å². The predicted octanol–water partition coefficient (Wildman–Crippen LogP) is 0.685. The van der Waals surface area contributed by atoms with E-state index in [4.69, 9.17) is 18.9 Å². The van der Waals surface area contributed by atoms with E-state index < -0.39 is 52.8 Å². The molecule has 0 aromatic heterocycles. The lowest BCUT2D eigenvalue weighted by molar-refractivity contribution is -0.173. The molecule has 0 aromatic rings. The monoisotopic (exact) mass is 344 g/mol. The van der Waals surface area contributed by atoms with E-state index in [-0.39, 0.29) is 13.0 Å². The summed E-state index contributed by atoms with van der Waals surface area (Å²) >= 11 is 0. The molecule has 2 rings (SSSR count). The zero-order chi connectivity index (χ0) is 18.3. The zero-order valence-corrected chi connectivity index (χ0v) is 14.5. The molecule has 8 nitrogen and oxygen atoms in total. The number of hydrogen-bond donors (Lipinski definition) is 1. The Morgan fingerprint density at radius 1 is 1.17 bits per heavy atom.